The average molecular weight is 200 g/mol. The molecule has 0 saturated carbocycles. The molecule has 2 rings (SSSR count). The van der Waals surface area contributed by atoms with Crippen molar-refractivity contribution >= 4 is 15.9 Å². The molecule has 2 N–H and O–H groups in total. The van der Waals surface area contributed by atoms with Crippen molar-refractivity contribution in [3.8, 4) is 0 Å². The lowest BCUT2D eigenvalue weighted by Crippen LogP contribution is -2.27. The molecule has 13 heavy (non-hydrogen) atoms. The van der Waals surface area contributed by atoms with E-state index in [1.807, 2.05) is 0 Å². The van der Waals surface area contributed by atoms with Crippen LogP contribution in [0.2, 0.25) is 0 Å². The molecular formula is C8H12N2O2S. The van der Waals surface area contributed by atoms with E-state index in [2.05, 4.69) is 4.40 Å². The van der Waals surface area contributed by atoms with Crippen LogP contribution in [0.1, 0.15) is 25.7 Å². The van der Waals surface area contributed by atoms with Crippen LogP contribution in [-0.2, 0) is 10.0 Å². The predicted octanol–water partition coefficient (Wildman–Crippen LogP) is 0.558. The van der Waals surface area contributed by atoms with Crippen LogP contribution in [0, 0.1) is 0 Å². The number of rotatable bonds is 0. The van der Waals surface area contributed by atoms with Gasteiger partial charge in [0.05, 0.1) is 5.75 Å². The Bertz CT molecular complexity index is 392. The van der Waals surface area contributed by atoms with Gasteiger partial charge in [-0.25, -0.2) is 8.42 Å². The van der Waals surface area contributed by atoms with Crippen LogP contribution in [0.4, 0.5) is 0 Å². The summed E-state index contributed by atoms with van der Waals surface area (Å²) < 4.78 is 25.9. The van der Waals surface area contributed by atoms with Crippen LogP contribution < -0.4 is 5.73 Å². The predicted molar refractivity (Wildman–Crippen MR) is 50.9 cm³/mol. The second kappa shape index (κ2) is 2.83. The highest BCUT2D eigenvalue weighted by Crippen LogP contribution is 2.29. The second-order valence-corrected chi connectivity index (χ2v) is 5.13. The molecule has 1 aliphatic heterocycles. The van der Waals surface area contributed by atoms with Gasteiger partial charge < -0.3 is 5.73 Å². The fourth-order valence-electron chi connectivity index (χ4n) is 1.89. The summed E-state index contributed by atoms with van der Waals surface area (Å²) in [6.45, 7) is 0. The van der Waals surface area contributed by atoms with Gasteiger partial charge in [-0.3, -0.25) is 0 Å². The standard InChI is InChI=1S/C8H12N2O2S/c9-8-7-4-2-1-3-6(7)5-13(11,12)10-8/h1-5H2,(H2,9,10). The van der Waals surface area contributed by atoms with Gasteiger partial charge in [0.15, 0.2) is 0 Å². The minimum atomic E-state index is -3.30. The minimum Gasteiger partial charge on any atom is -0.383 e. The minimum absolute atomic E-state index is 0.0863. The van der Waals surface area contributed by atoms with Crippen LogP contribution in [0.25, 0.3) is 0 Å². The number of nitrogens with zero attached hydrogens (tertiary/aromatic N) is 1. The number of hydrogen-bond acceptors (Lipinski definition) is 3. The molecule has 4 nitrogen and oxygen atoms in total. The Hall–Kier alpha value is -0.840. The summed E-state index contributed by atoms with van der Waals surface area (Å²) in [4.78, 5) is 0. The number of amidine groups is 1. The summed E-state index contributed by atoms with van der Waals surface area (Å²) in [7, 11) is -3.30. The van der Waals surface area contributed by atoms with Gasteiger partial charge in [0.2, 0.25) is 0 Å². The van der Waals surface area contributed by atoms with Gasteiger partial charge in [-0.15, -0.1) is 4.40 Å². The third-order valence-corrected chi connectivity index (χ3v) is 3.67. The smallest absolute Gasteiger partial charge is 0.258 e. The first-order valence-corrected chi connectivity index (χ1v) is 5.99. The van der Waals surface area contributed by atoms with Crippen molar-refractivity contribution in [3.05, 3.63) is 11.1 Å². The number of hydrogen-bond donors (Lipinski definition) is 1. The number of sulfonamides is 1. The monoisotopic (exact) mass is 200 g/mol. The van der Waals surface area contributed by atoms with Crippen LogP contribution >= 0.6 is 0 Å². The topological polar surface area (TPSA) is 72.5 Å². The molecule has 72 valence electrons. The lowest BCUT2D eigenvalue weighted by Gasteiger charge is -2.22. The molecule has 0 bridgehead atoms. The van der Waals surface area contributed by atoms with Gasteiger partial charge in [-0.2, -0.15) is 0 Å². The second-order valence-electron chi connectivity index (χ2n) is 3.49. The molecule has 0 aromatic rings. The third kappa shape index (κ3) is 1.60. The van der Waals surface area contributed by atoms with Crippen molar-refractivity contribution in [1.82, 2.24) is 0 Å². The summed E-state index contributed by atoms with van der Waals surface area (Å²) in [6.07, 6.45) is 3.92. The molecule has 0 unspecified atom stereocenters. The Morgan fingerprint density at radius 3 is 2.69 bits per heavy atom. The van der Waals surface area contributed by atoms with Crippen molar-refractivity contribution < 1.29 is 8.42 Å². The van der Waals surface area contributed by atoms with Crippen molar-refractivity contribution in [1.29, 1.82) is 0 Å². The van der Waals surface area contributed by atoms with E-state index in [9.17, 15) is 8.42 Å². The van der Waals surface area contributed by atoms with E-state index in [-0.39, 0.29) is 11.6 Å². The summed E-state index contributed by atoms with van der Waals surface area (Å²) >= 11 is 0. The Morgan fingerprint density at radius 1 is 1.23 bits per heavy atom. The first kappa shape index (κ1) is 8.74. The normalized spacial score (nSPS) is 26.6. The average Bonchev–Trinajstić information content (AvgIpc) is 2.02. The molecule has 0 atom stereocenters. The Balaban J connectivity index is 2.45. The highest BCUT2D eigenvalue weighted by Gasteiger charge is 2.25. The molecule has 0 radical (unpaired) electrons. The Labute approximate surface area is 77.6 Å². The van der Waals surface area contributed by atoms with Crippen molar-refractivity contribution in [2.75, 3.05) is 5.75 Å². The molecule has 0 amide bonds. The quantitative estimate of drug-likeness (QED) is 0.621. The van der Waals surface area contributed by atoms with Crippen molar-refractivity contribution in [2.24, 2.45) is 10.1 Å². The van der Waals surface area contributed by atoms with Gasteiger partial charge in [-0.05, 0) is 36.8 Å². The molecule has 1 heterocycles. The molecule has 2 aliphatic rings. The zero-order valence-electron chi connectivity index (χ0n) is 7.28. The van der Waals surface area contributed by atoms with E-state index in [1.54, 1.807) is 0 Å². The lowest BCUT2D eigenvalue weighted by atomic mass is 9.92. The largest absolute Gasteiger partial charge is 0.383 e. The maximum absolute atomic E-state index is 11.2. The fraction of sp³-hybridized carbons (Fsp3) is 0.625. The van der Waals surface area contributed by atoms with E-state index in [1.165, 1.54) is 0 Å². The SMILES string of the molecule is NC1=NS(=O)(=O)CC2=C1CCCC2. The van der Waals surface area contributed by atoms with E-state index in [4.69, 9.17) is 5.73 Å². The summed E-state index contributed by atoms with van der Waals surface area (Å²) in [5, 5.41) is 0. The van der Waals surface area contributed by atoms with Gasteiger partial charge in [0, 0.05) is 0 Å². The highest BCUT2D eigenvalue weighted by atomic mass is 32.2. The van der Waals surface area contributed by atoms with Crippen LogP contribution in [-0.4, -0.2) is 20.0 Å². The molecule has 0 spiro atoms. The summed E-state index contributed by atoms with van der Waals surface area (Å²) in [6, 6.07) is 0. The van der Waals surface area contributed by atoms with E-state index >= 15 is 0 Å². The lowest BCUT2D eigenvalue weighted by molar-refractivity contribution is 0.594. The zero-order valence-corrected chi connectivity index (χ0v) is 8.10. The molecular weight excluding hydrogens is 188 g/mol. The first-order chi connectivity index (χ1) is 6.08. The first-order valence-electron chi connectivity index (χ1n) is 4.38. The van der Waals surface area contributed by atoms with E-state index in [0.717, 1.165) is 36.8 Å². The van der Waals surface area contributed by atoms with Gasteiger partial charge in [0.25, 0.3) is 10.0 Å². The van der Waals surface area contributed by atoms with Crippen LogP contribution in [0.3, 0.4) is 0 Å². The molecule has 0 aromatic heterocycles. The highest BCUT2D eigenvalue weighted by molar-refractivity contribution is 7.90. The van der Waals surface area contributed by atoms with Crippen LogP contribution in [0.5, 0.6) is 0 Å². The maximum atomic E-state index is 11.2. The van der Waals surface area contributed by atoms with Crippen molar-refractivity contribution in [3.63, 3.8) is 0 Å². The maximum Gasteiger partial charge on any atom is 0.258 e. The zero-order chi connectivity index (χ0) is 9.47. The van der Waals surface area contributed by atoms with Gasteiger partial charge >= 0.3 is 0 Å². The van der Waals surface area contributed by atoms with Gasteiger partial charge in [0.1, 0.15) is 5.84 Å². The summed E-state index contributed by atoms with van der Waals surface area (Å²) in [5.74, 6) is 0.309. The fourth-order valence-corrected chi connectivity index (χ4v) is 3.13. The van der Waals surface area contributed by atoms with Crippen LogP contribution in [0.15, 0.2) is 15.5 Å². The molecule has 0 saturated heterocycles. The van der Waals surface area contributed by atoms with Gasteiger partial charge in [-0.1, -0.05) is 0 Å². The molecule has 1 aliphatic carbocycles. The molecule has 5 heteroatoms. The third-order valence-electron chi connectivity index (χ3n) is 2.49. The summed E-state index contributed by atoms with van der Waals surface area (Å²) in [5.41, 5.74) is 7.55. The molecule has 0 fully saturated rings. The number of nitrogens with two attached hydrogens (primary N) is 1. The van der Waals surface area contributed by atoms with E-state index < -0.39 is 10.0 Å². The Kier molecular flexibility index (Phi) is 1.91. The molecule has 0 aromatic carbocycles. The Morgan fingerprint density at radius 2 is 1.92 bits per heavy atom. The van der Waals surface area contributed by atoms with E-state index in [0.29, 0.717) is 0 Å². The van der Waals surface area contributed by atoms with Crippen molar-refractivity contribution in [2.45, 2.75) is 25.7 Å².